The highest BCUT2D eigenvalue weighted by molar-refractivity contribution is 7.99. The third kappa shape index (κ3) is 3.38. The summed E-state index contributed by atoms with van der Waals surface area (Å²) in [5.41, 5.74) is 6.33. The fourth-order valence-corrected chi connectivity index (χ4v) is 3.00. The van der Waals surface area contributed by atoms with Crippen molar-refractivity contribution in [2.45, 2.75) is 31.1 Å². The maximum atomic E-state index is 11.6. The molecule has 0 saturated carbocycles. The quantitative estimate of drug-likeness (QED) is 0.482. The Morgan fingerprint density at radius 3 is 3.10 bits per heavy atom. The summed E-state index contributed by atoms with van der Waals surface area (Å²) in [5, 5.41) is 8.58. The summed E-state index contributed by atoms with van der Waals surface area (Å²) in [6.45, 7) is 6.01. The number of methoxy groups -OCH3 is 1. The molecule has 0 unspecified atom stereocenters. The van der Waals surface area contributed by atoms with Gasteiger partial charge in [-0.25, -0.2) is 4.79 Å². The fraction of sp³-hybridized carbons (Fsp3) is 0.462. The molecule has 114 valence electrons. The second kappa shape index (κ2) is 6.66. The number of aromatic nitrogens is 3. The number of nitrogens with zero attached hydrogens (tertiary/aromatic N) is 3. The molecule has 0 bridgehead atoms. The van der Waals surface area contributed by atoms with Gasteiger partial charge in [-0.15, -0.1) is 16.8 Å². The van der Waals surface area contributed by atoms with Crippen molar-refractivity contribution in [2.24, 2.45) is 0 Å². The SMILES string of the molecule is C=CCn1c(N)nnc1SC[C@@H]1CC(C(=O)OC)=C(C)O1. The molecule has 21 heavy (non-hydrogen) atoms. The lowest BCUT2D eigenvalue weighted by Crippen LogP contribution is -2.12. The number of allylic oxidation sites excluding steroid dienone is 2. The molecule has 8 heteroatoms. The molecule has 0 saturated heterocycles. The molecular weight excluding hydrogens is 292 g/mol. The van der Waals surface area contributed by atoms with Gasteiger partial charge in [0.15, 0.2) is 5.16 Å². The number of thioether (sulfide) groups is 1. The van der Waals surface area contributed by atoms with Crippen LogP contribution in [-0.2, 0) is 20.8 Å². The standard InChI is InChI=1S/C13H18N4O3S/c1-4-5-17-12(14)15-16-13(17)21-7-9-6-10(8(2)20-9)11(18)19-3/h4,9H,1,5-7H2,2-3H3,(H2,14,15)/t9-/m0/s1. The Hall–Kier alpha value is -1.96. The smallest absolute Gasteiger partial charge is 0.337 e. The Morgan fingerprint density at radius 2 is 2.43 bits per heavy atom. The molecule has 0 radical (unpaired) electrons. The summed E-state index contributed by atoms with van der Waals surface area (Å²) >= 11 is 1.49. The van der Waals surface area contributed by atoms with Crippen LogP contribution in [0.4, 0.5) is 5.95 Å². The van der Waals surface area contributed by atoms with Gasteiger partial charge in [-0.2, -0.15) is 0 Å². The van der Waals surface area contributed by atoms with Crippen molar-refractivity contribution in [2.75, 3.05) is 18.6 Å². The van der Waals surface area contributed by atoms with E-state index < -0.39 is 0 Å². The van der Waals surface area contributed by atoms with E-state index in [1.165, 1.54) is 18.9 Å². The zero-order valence-electron chi connectivity index (χ0n) is 12.0. The number of nitrogen functional groups attached to an aromatic ring is 1. The number of carbonyl (C=O) groups is 1. The molecule has 2 heterocycles. The third-order valence-corrected chi connectivity index (χ3v) is 4.19. The van der Waals surface area contributed by atoms with Crippen LogP contribution < -0.4 is 5.73 Å². The number of esters is 1. The number of hydrogen-bond acceptors (Lipinski definition) is 7. The lowest BCUT2D eigenvalue weighted by atomic mass is 10.1. The van der Waals surface area contributed by atoms with Gasteiger partial charge in [0, 0.05) is 18.7 Å². The molecule has 2 rings (SSSR count). The zero-order valence-corrected chi connectivity index (χ0v) is 12.9. The maximum Gasteiger partial charge on any atom is 0.337 e. The minimum absolute atomic E-state index is 0.0841. The molecule has 7 nitrogen and oxygen atoms in total. The molecule has 1 aliphatic heterocycles. The van der Waals surface area contributed by atoms with E-state index >= 15 is 0 Å². The predicted molar refractivity (Wildman–Crippen MR) is 79.6 cm³/mol. The van der Waals surface area contributed by atoms with Crippen molar-refractivity contribution < 1.29 is 14.3 Å². The zero-order chi connectivity index (χ0) is 15.4. The van der Waals surface area contributed by atoms with Crippen LogP contribution in [0, 0.1) is 0 Å². The molecule has 2 N–H and O–H groups in total. The molecule has 0 fully saturated rings. The second-order valence-corrected chi connectivity index (χ2v) is 5.51. The fourth-order valence-electron chi connectivity index (χ4n) is 2.05. The highest BCUT2D eigenvalue weighted by Crippen LogP contribution is 2.30. The van der Waals surface area contributed by atoms with Crippen molar-refractivity contribution in [1.29, 1.82) is 0 Å². The first-order valence-corrected chi connectivity index (χ1v) is 7.42. The molecule has 1 aromatic heterocycles. The van der Waals surface area contributed by atoms with Crippen molar-refractivity contribution in [3.8, 4) is 0 Å². The number of nitrogens with two attached hydrogens (primary N) is 1. The van der Waals surface area contributed by atoms with Gasteiger partial charge < -0.3 is 15.2 Å². The summed E-state index contributed by atoms with van der Waals surface area (Å²) in [4.78, 5) is 11.6. The van der Waals surface area contributed by atoms with Gasteiger partial charge in [0.25, 0.3) is 0 Å². The number of rotatable bonds is 6. The van der Waals surface area contributed by atoms with Gasteiger partial charge in [-0.3, -0.25) is 4.57 Å². The summed E-state index contributed by atoms with van der Waals surface area (Å²) in [5.74, 6) is 1.29. The van der Waals surface area contributed by atoms with E-state index in [-0.39, 0.29) is 12.1 Å². The van der Waals surface area contributed by atoms with Crippen LogP contribution in [0.1, 0.15) is 13.3 Å². The number of ether oxygens (including phenoxy) is 2. The van der Waals surface area contributed by atoms with E-state index in [2.05, 4.69) is 16.8 Å². The average Bonchev–Trinajstić information content (AvgIpc) is 3.01. The Bertz CT molecular complexity index is 582. The first-order chi connectivity index (χ1) is 10.1. The monoisotopic (exact) mass is 310 g/mol. The van der Waals surface area contributed by atoms with E-state index in [4.69, 9.17) is 15.2 Å². The predicted octanol–water partition coefficient (Wildman–Crippen LogP) is 1.37. The summed E-state index contributed by atoms with van der Waals surface area (Å²) in [6.07, 6.45) is 2.19. The van der Waals surface area contributed by atoms with Crippen LogP contribution in [0.25, 0.3) is 0 Å². The molecule has 1 aliphatic rings. The van der Waals surface area contributed by atoms with Crippen molar-refractivity contribution >= 4 is 23.7 Å². The third-order valence-electron chi connectivity index (χ3n) is 3.09. The lowest BCUT2D eigenvalue weighted by Gasteiger charge is -2.11. The van der Waals surface area contributed by atoms with Gasteiger partial charge in [0.1, 0.15) is 11.9 Å². The Balaban J connectivity index is 1.94. The van der Waals surface area contributed by atoms with E-state index in [1.807, 2.05) is 0 Å². The largest absolute Gasteiger partial charge is 0.493 e. The van der Waals surface area contributed by atoms with Gasteiger partial charge in [-0.05, 0) is 6.92 Å². The van der Waals surface area contributed by atoms with Crippen LogP contribution in [0.5, 0.6) is 0 Å². The highest BCUT2D eigenvalue weighted by Gasteiger charge is 2.29. The van der Waals surface area contributed by atoms with E-state index in [1.54, 1.807) is 17.6 Å². The number of carbonyl (C=O) groups excluding carboxylic acids is 1. The summed E-state index contributed by atoms with van der Waals surface area (Å²) in [6, 6.07) is 0. The van der Waals surface area contributed by atoms with Crippen LogP contribution in [0.3, 0.4) is 0 Å². The van der Waals surface area contributed by atoms with E-state index in [9.17, 15) is 4.79 Å². The van der Waals surface area contributed by atoms with Gasteiger partial charge in [0.2, 0.25) is 5.95 Å². The molecule has 1 atom stereocenters. The topological polar surface area (TPSA) is 92.3 Å². The summed E-state index contributed by atoms with van der Waals surface area (Å²) in [7, 11) is 1.37. The van der Waals surface area contributed by atoms with Gasteiger partial charge in [-0.1, -0.05) is 17.8 Å². The van der Waals surface area contributed by atoms with Crippen LogP contribution in [0.15, 0.2) is 29.1 Å². The molecule has 1 aromatic rings. The Morgan fingerprint density at radius 1 is 1.67 bits per heavy atom. The molecule has 0 aliphatic carbocycles. The van der Waals surface area contributed by atoms with Crippen LogP contribution in [-0.4, -0.2) is 39.7 Å². The molecule has 0 amide bonds. The average molecular weight is 310 g/mol. The highest BCUT2D eigenvalue weighted by atomic mass is 32.2. The van der Waals surface area contributed by atoms with Crippen LogP contribution >= 0.6 is 11.8 Å². The Kier molecular flexibility index (Phi) is 4.89. The first-order valence-electron chi connectivity index (χ1n) is 6.43. The van der Waals surface area contributed by atoms with Crippen LogP contribution in [0.2, 0.25) is 0 Å². The summed E-state index contributed by atoms with van der Waals surface area (Å²) < 4.78 is 12.2. The second-order valence-electron chi connectivity index (χ2n) is 4.52. The van der Waals surface area contributed by atoms with Gasteiger partial charge >= 0.3 is 5.97 Å². The molecule has 0 aromatic carbocycles. The van der Waals surface area contributed by atoms with Gasteiger partial charge in [0.05, 0.1) is 12.7 Å². The van der Waals surface area contributed by atoms with Crippen molar-refractivity contribution in [1.82, 2.24) is 14.8 Å². The number of anilines is 1. The van der Waals surface area contributed by atoms with Crippen molar-refractivity contribution in [3.05, 3.63) is 24.0 Å². The minimum Gasteiger partial charge on any atom is -0.493 e. The van der Waals surface area contributed by atoms with Crippen molar-refractivity contribution in [3.63, 3.8) is 0 Å². The minimum atomic E-state index is -0.334. The lowest BCUT2D eigenvalue weighted by molar-refractivity contribution is -0.136. The first kappa shape index (κ1) is 15.4. The Labute approximate surface area is 127 Å². The molecular formula is C13H18N4O3S. The van der Waals surface area contributed by atoms with E-state index in [0.29, 0.717) is 41.2 Å². The molecule has 0 spiro atoms. The normalized spacial score (nSPS) is 17.7. The maximum absolute atomic E-state index is 11.6. The number of hydrogen-bond donors (Lipinski definition) is 1. The van der Waals surface area contributed by atoms with E-state index in [0.717, 1.165) is 0 Å².